The molecule has 0 bridgehead atoms. The molecule has 0 amide bonds. The topological polar surface area (TPSA) is 52.4 Å². The maximum Gasteiger partial charge on any atom is 0.422 e. The molecule has 0 atom stereocenters. The molecule has 0 aliphatic carbocycles. The van der Waals surface area contributed by atoms with Crippen LogP contribution in [-0.2, 0) is 0 Å². The summed E-state index contributed by atoms with van der Waals surface area (Å²) in [7, 11) is 0. The summed E-state index contributed by atoms with van der Waals surface area (Å²) in [5.41, 5.74) is -0.866. The lowest BCUT2D eigenvalue weighted by Crippen LogP contribution is -2.19. The molecule has 4 nitrogen and oxygen atoms in total. The Bertz CT molecular complexity index is 449. The van der Waals surface area contributed by atoms with E-state index in [0.717, 1.165) is 6.07 Å². The van der Waals surface area contributed by atoms with Crippen LogP contribution < -0.4 is 4.74 Å². The number of nitrogens with zero attached hydrogens (tertiary/aromatic N) is 1. The molecule has 0 aromatic heterocycles. The minimum Gasteiger partial charge on any atom is -0.477 e. The van der Waals surface area contributed by atoms with Crippen LogP contribution in [-0.4, -0.2) is 17.7 Å². The van der Waals surface area contributed by atoms with Crippen molar-refractivity contribution in [2.75, 3.05) is 6.61 Å². The number of halogens is 5. The van der Waals surface area contributed by atoms with Gasteiger partial charge in [0.25, 0.3) is 0 Å². The Morgan fingerprint density at radius 2 is 2.00 bits per heavy atom. The highest BCUT2D eigenvalue weighted by molar-refractivity contribution is 9.10. The van der Waals surface area contributed by atoms with Crippen molar-refractivity contribution in [1.29, 1.82) is 0 Å². The van der Waals surface area contributed by atoms with Crippen molar-refractivity contribution >= 4 is 21.6 Å². The fraction of sp³-hybridized carbons (Fsp3) is 0.250. The van der Waals surface area contributed by atoms with Gasteiger partial charge in [-0.3, -0.25) is 10.1 Å². The van der Waals surface area contributed by atoms with E-state index in [-0.39, 0.29) is 4.47 Å². The molecule has 0 saturated carbocycles. The fourth-order valence-corrected chi connectivity index (χ4v) is 1.26. The van der Waals surface area contributed by atoms with E-state index in [1.54, 1.807) is 0 Å². The summed E-state index contributed by atoms with van der Waals surface area (Å²) in [6.45, 7) is -1.69. The normalized spacial score (nSPS) is 11.4. The van der Waals surface area contributed by atoms with Gasteiger partial charge in [0.15, 0.2) is 12.4 Å². The van der Waals surface area contributed by atoms with Crippen LogP contribution in [0, 0.1) is 15.9 Å². The number of benzene rings is 1. The SMILES string of the molecule is O=[N+]([O-])c1cc(F)c(Br)cc1OCC(F)(F)F. The maximum absolute atomic E-state index is 13.0. The lowest BCUT2D eigenvalue weighted by Gasteiger charge is -2.09. The monoisotopic (exact) mass is 317 g/mol. The number of nitro groups is 1. The summed E-state index contributed by atoms with van der Waals surface area (Å²) < 4.78 is 52.6. The molecule has 0 saturated heterocycles. The highest BCUT2D eigenvalue weighted by Crippen LogP contribution is 2.33. The lowest BCUT2D eigenvalue weighted by molar-refractivity contribution is -0.386. The molecular weight excluding hydrogens is 314 g/mol. The van der Waals surface area contributed by atoms with Gasteiger partial charge >= 0.3 is 11.9 Å². The second kappa shape index (κ2) is 4.86. The van der Waals surface area contributed by atoms with E-state index < -0.39 is 35.0 Å². The zero-order valence-corrected chi connectivity index (χ0v) is 9.51. The zero-order valence-electron chi connectivity index (χ0n) is 7.92. The standard InChI is InChI=1S/C8H4BrF4NO3/c9-4-1-7(17-3-8(11,12)13)6(14(15)16)2-5(4)10/h1-2H,3H2. The second-order valence-corrected chi connectivity index (χ2v) is 3.75. The van der Waals surface area contributed by atoms with Gasteiger partial charge in [-0.2, -0.15) is 13.2 Å². The first-order valence-corrected chi connectivity index (χ1v) is 4.83. The predicted octanol–water partition coefficient (Wildman–Crippen LogP) is 3.44. The number of rotatable bonds is 3. The van der Waals surface area contributed by atoms with E-state index in [4.69, 9.17) is 0 Å². The van der Waals surface area contributed by atoms with Crippen LogP contribution in [0.2, 0.25) is 0 Å². The van der Waals surface area contributed by atoms with Gasteiger partial charge in [0, 0.05) is 6.07 Å². The van der Waals surface area contributed by atoms with E-state index in [9.17, 15) is 27.7 Å². The van der Waals surface area contributed by atoms with Crippen molar-refractivity contribution < 1.29 is 27.2 Å². The Morgan fingerprint density at radius 1 is 1.41 bits per heavy atom. The van der Waals surface area contributed by atoms with Crippen LogP contribution in [0.15, 0.2) is 16.6 Å². The fourth-order valence-electron chi connectivity index (χ4n) is 0.936. The summed E-state index contributed by atoms with van der Waals surface area (Å²) in [5, 5.41) is 10.5. The molecule has 17 heavy (non-hydrogen) atoms. The lowest BCUT2D eigenvalue weighted by atomic mass is 10.3. The third kappa shape index (κ3) is 3.84. The van der Waals surface area contributed by atoms with E-state index in [0.29, 0.717) is 6.07 Å². The van der Waals surface area contributed by atoms with Crippen LogP contribution in [0.25, 0.3) is 0 Å². The highest BCUT2D eigenvalue weighted by Gasteiger charge is 2.30. The largest absolute Gasteiger partial charge is 0.477 e. The highest BCUT2D eigenvalue weighted by atomic mass is 79.9. The molecule has 0 radical (unpaired) electrons. The summed E-state index contributed by atoms with van der Waals surface area (Å²) in [6, 6.07) is 1.26. The Labute approximate surface area is 100 Å². The third-order valence-corrected chi connectivity index (χ3v) is 2.20. The molecule has 0 aliphatic rings. The van der Waals surface area contributed by atoms with E-state index in [1.807, 2.05) is 0 Å². The van der Waals surface area contributed by atoms with Gasteiger partial charge in [0.05, 0.1) is 15.5 Å². The molecule has 0 spiro atoms. The minimum atomic E-state index is -4.63. The Kier molecular flexibility index (Phi) is 3.91. The van der Waals surface area contributed by atoms with Gasteiger partial charge in [-0.15, -0.1) is 0 Å². The first-order valence-electron chi connectivity index (χ1n) is 4.03. The zero-order chi connectivity index (χ0) is 13.2. The average Bonchev–Trinajstić information content (AvgIpc) is 2.17. The molecule has 1 aromatic rings. The quantitative estimate of drug-likeness (QED) is 0.487. The van der Waals surface area contributed by atoms with Crippen molar-refractivity contribution in [2.45, 2.75) is 6.18 Å². The van der Waals surface area contributed by atoms with Crippen LogP contribution in [0.4, 0.5) is 23.2 Å². The number of nitro benzene ring substituents is 1. The van der Waals surface area contributed by atoms with Gasteiger partial charge in [-0.1, -0.05) is 0 Å². The number of hydrogen-bond acceptors (Lipinski definition) is 3. The van der Waals surface area contributed by atoms with Gasteiger partial charge in [0.1, 0.15) is 5.82 Å². The first-order chi connectivity index (χ1) is 7.70. The van der Waals surface area contributed by atoms with Crippen molar-refractivity contribution in [2.24, 2.45) is 0 Å². The molecule has 0 unspecified atom stereocenters. The van der Waals surface area contributed by atoms with E-state index in [2.05, 4.69) is 20.7 Å². The molecule has 0 heterocycles. The smallest absolute Gasteiger partial charge is 0.422 e. The number of hydrogen-bond donors (Lipinski definition) is 0. The van der Waals surface area contributed by atoms with E-state index >= 15 is 0 Å². The van der Waals surface area contributed by atoms with Gasteiger partial charge in [-0.25, -0.2) is 4.39 Å². The molecule has 0 fully saturated rings. The van der Waals surface area contributed by atoms with Crippen molar-refractivity contribution in [1.82, 2.24) is 0 Å². The van der Waals surface area contributed by atoms with Crippen LogP contribution >= 0.6 is 15.9 Å². The summed E-state index contributed by atoms with van der Waals surface area (Å²) >= 11 is 2.69. The minimum absolute atomic E-state index is 0.222. The molecular formula is C8H4BrF4NO3. The first kappa shape index (κ1) is 13.7. The average molecular weight is 318 g/mol. The van der Waals surface area contributed by atoms with Crippen molar-refractivity contribution in [3.63, 3.8) is 0 Å². The van der Waals surface area contributed by atoms with Gasteiger partial charge in [0.2, 0.25) is 0 Å². The van der Waals surface area contributed by atoms with Crippen molar-refractivity contribution in [3.05, 3.63) is 32.5 Å². The molecule has 94 valence electrons. The Balaban J connectivity index is 3.05. The third-order valence-electron chi connectivity index (χ3n) is 1.59. The molecule has 0 N–H and O–H groups in total. The molecule has 1 rings (SSSR count). The maximum atomic E-state index is 13.0. The van der Waals surface area contributed by atoms with Crippen LogP contribution in [0.5, 0.6) is 5.75 Å². The van der Waals surface area contributed by atoms with Crippen molar-refractivity contribution in [3.8, 4) is 5.75 Å². The summed E-state index contributed by atoms with van der Waals surface area (Å²) in [4.78, 5) is 9.45. The summed E-state index contributed by atoms with van der Waals surface area (Å²) in [6.07, 6.45) is -4.63. The molecule has 9 heteroatoms. The molecule has 1 aromatic carbocycles. The van der Waals surface area contributed by atoms with Crippen LogP contribution in [0.3, 0.4) is 0 Å². The Morgan fingerprint density at radius 3 is 2.47 bits per heavy atom. The predicted molar refractivity (Wildman–Crippen MR) is 52.3 cm³/mol. The van der Waals surface area contributed by atoms with E-state index in [1.165, 1.54) is 0 Å². The summed E-state index contributed by atoms with van der Waals surface area (Å²) in [5.74, 6) is -1.61. The number of alkyl halides is 3. The number of ether oxygens (including phenoxy) is 1. The van der Waals surface area contributed by atoms with Gasteiger partial charge < -0.3 is 4.74 Å². The Hall–Kier alpha value is -1.38. The molecule has 0 aliphatic heterocycles. The van der Waals surface area contributed by atoms with Gasteiger partial charge in [-0.05, 0) is 15.9 Å². The second-order valence-electron chi connectivity index (χ2n) is 2.90. The van der Waals surface area contributed by atoms with Crippen LogP contribution in [0.1, 0.15) is 0 Å².